The highest BCUT2D eigenvalue weighted by molar-refractivity contribution is 6.37. The van der Waals surface area contributed by atoms with Crippen molar-refractivity contribution in [3.05, 3.63) is 71.4 Å². The average Bonchev–Trinajstić information content (AvgIpc) is 3.10. The number of β-lactam (4-membered cyclic amide) rings is 1. The van der Waals surface area contributed by atoms with Crippen LogP contribution in [0.25, 0.3) is 11.3 Å². The van der Waals surface area contributed by atoms with E-state index < -0.39 is 5.38 Å². The van der Waals surface area contributed by atoms with Gasteiger partial charge in [0.1, 0.15) is 17.3 Å². The number of anilines is 1. The molecule has 0 saturated carbocycles. The molecule has 2 unspecified atom stereocenters. The van der Waals surface area contributed by atoms with Crippen LogP contribution >= 0.6 is 23.2 Å². The monoisotopic (exact) mass is 358 g/mol. The quantitative estimate of drug-likeness (QED) is 0.503. The van der Waals surface area contributed by atoms with Gasteiger partial charge < -0.3 is 4.42 Å². The standard InChI is InChI=1S/C18H12Cl2N2O2/c19-13-8-6-12(7-9-13)16-15(20)17(23)22(16)18-21-14(10-24-18)11-4-2-1-3-5-11/h1-10,15-16H. The molecule has 1 aliphatic heterocycles. The normalized spacial score (nSPS) is 20.1. The minimum Gasteiger partial charge on any atom is -0.431 e. The number of carbonyl (C=O) groups excluding carboxylic acids is 1. The lowest BCUT2D eigenvalue weighted by Gasteiger charge is -2.41. The Hall–Kier alpha value is -2.30. The average molecular weight is 359 g/mol. The van der Waals surface area contributed by atoms with E-state index in [-0.39, 0.29) is 18.0 Å². The summed E-state index contributed by atoms with van der Waals surface area (Å²) in [7, 11) is 0. The lowest BCUT2D eigenvalue weighted by Crippen LogP contribution is -2.56. The van der Waals surface area contributed by atoms with Crippen molar-refractivity contribution in [1.29, 1.82) is 0 Å². The van der Waals surface area contributed by atoms with Gasteiger partial charge in [-0.15, -0.1) is 11.6 Å². The first-order chi connectivity index (χ1) is 11.6. The molecule has 24 heavy (non-hydrogen) atoms. The molecular formula is C18H12Cl2N2O2. The zero-order valence-corrected chi connectivity index (χ0v) is 13.9. The Labute approximate surface area is 148 Å². The van der Waals surface area contributed by atoms with Gasteiger partial charge in [0, 0.05) is 10.6 Å². The van der Waals surface area contributed by atoms with E-state index in [9.17, 15) is 4.79 Å². The molecule has 3 aromatic rings. The number of hydrogen-bond donors (Lipinski definition) is 0. The molecule has 0 N–H and O–H groups in total. The Morgan fingerprint density at radius 2 is 1.75 bits per heavy atom. The molecule has 4 nitrogen and oxygen atoms in total. The van der Waals surface area contributed by atoms with Gasteiger partial charge in [0.15, 0.2) is 0 Å². The summed E-state index contributed by atoms with van der Waals surface area (Å²) < 4.78 is 5.53. The third kappa shape index (κ3) is 2.48. The fraction of sp³-hybridized carbons (Fsp3) is 0.111. The molecule has 6 heteroatoms. The molecule has 2 atom stereocenters. The van der Waals surface area contributed by atoms with Gasteiger partial charge in [-0.3, -0.25) is 9.69 Å². The van der Waals surface area contributed by atoms with Crippen molar-refractivity contribution in [3.8, 4) is 11.3 Å². The molecule has 1 aliphatic rings. The van der Waals surface area contributed by atoms with Crippen molar-refractivity contribution in [2.45, 2.75) is 11.4 Å². The van der Waals surface area contributed by atoms with Gasteiger partial charge >= 0.3 is 6.01 Å². The largest absolute Gasteiger partial charge is 0.431 e. The van der Waals surface area contributed by atoms with Crippen molar-refractivity contribution >= 4 is 35.1 Å². The summed E-state index contributed by atoms with van der Waals surface area (Å²) in [6.45, 7) is 0. The lowest BCUT2D eigenvalue weighted by atomic mass is 9.94. The van der Waals surface area contributed by atoms with E-state index in [0.717, 1.165) is 11.1 Å². The first-order valence-corrected chi connectivity index (χ1v) is 8.20. The van der Waals surface area contributed by atoms with Crippen LogP contribution in [0.4, 0.5) is 6.01 Å². The number of oxazole rings is 1. The number of nitrogens with zero attached hydrogens (tertiary/aromatic N) is 2. The fourth-order valence-corrected chi connectivity index (χ4v) is 3.25. The van der Waals surface area contributed by atoms with Crippen LogP contribution in [-0.4, -0.2) is 16.3 Å². The SMILES string of the molecule is O=C1C(Cl)C(c2ccc(Cl)cc2)N1c1nc(-c2ccccc2)co1. The van der Waals surface area contributed by atoms with E-state index in [1.807, 2.05) is 42.5 Å². The number of alkyl halides is 1. The van der Waals surface area contributed by atoms with E-state index in [1.54, 1.807) is 18.4 Å². The molecular weight excluding hydrogens is 347 g/mol. The Morgan fingerprint density at radius 1 is 1.04 bits per heavy atom. The third-order valence-electron chi connectivity index (χ3n) is 4.01. The van der Waals surface area contributed by atoms with Crippen LogP contribution in [0, 0.1) is 0 Å². The highest BCUT2D eigenvalue weighted by atomic mass is 35.5. The summed E-state index contributed by atoms with van der Waals surface area (Å²) in [4.78, 5) is 18.1. The number of benzene rings is 2. The second-order valence-electron chi connectivity index (χ2n) is 5.49. The molecule has 1 aromatic heterocycles. The molecule has 1 saturated heterocycles. The fourth-order valence-electron chi connectivity index (χ4n) is 2.76. The van der Waals surface area contributed by atoms with Crippen molar-refractivity contribution in [2.24, 2.45) is 0 Å². The Balaban J connectivity index is 1.66. The number of aromatic nitrogens is 1. The van der Waals surface area contributed by atoms with Crippen LogP contribution in [-0.2, 0) is 4.79 Å². The van der Waals surface area contributed by atoms with Gasteiger partial charge in [0.25, 0.3) is 5.91 Å². The van der Waals surface area contributed by atoms with E-state index in [2.05, 4.69) is 4.98 Å². The second kappa shape index (κ2) is 5.96. The maximum atomic E-state index is 12.2. The van der Waals surface area contributed by atoms with Crippen molar-refractivity contribution in [1.82, 2.24) is 4.98 Å². The molecule has 0 radical (unpaired) electrons. The maximum Gasteiger partial charge on any atom is 0.305 e. The van der Waals surface area contributed by atoms with Crippen LogP contribution < -0.4 is 4.90 Å². The minimum absolute atomic E-state index is 0.224. The highest BCUT2D eigenvalue weighted by Crippen LogP contribution is 2.42. The smallest absolute Gasteiger partial charge is 0.305 e. The van der Waals surface area contributed by atoms with E-state index in [0.29, 0.717) is 10.7 Å². The molecule has 2 aromatic carbocycles. The molecule has 1 amide bonds. The molecule has 2 heterocycles. The molecule has 0 bridgehead atoms. The first kappa shape index (κ1) is 15.2. The van der Waals surface area contributed by atoms with Crippen LogP contribution in [0.3, 0.4) is 0 Å². The summed E-state index contributed by atoms with van der Waals surface area (Å²) >= 11 is 12.1. The van der Waals surface area contributed by atoms with Crippen LogP contribution in [0.2, 0.25) is 5.02 Å². The predicted molar refractivity (Wildman–Crippen MR) is 93.3 cm³/mol. The topological polar surface area (TPSA) is 46.3 Å². The predicted octanol–water partition coefficient (Wildman–Crippen LogP) is 4.69. The summed E-state index contributed by atoms with van der Waals surface area (Å²) in [6, 6.07) is 16.8. The zero-order chi connectivity index (χ0) is 16.7. The van der Waals surface area contributed by atoms with E-state index in [4.69, 9.17) is 27.6 Å². The number of hydrogen-bond acceptors (Lipinski definition) is 3. The van der Waals surface area contributed by atoms with Crippen LogP contribution in [0.1, 0.15) is 11.6 Å². The van der Waals surface area contributed by atoms with E-state index >= 15 is 0 Å². The van der Waals surface area contributed by atoms with Gasteiger partial charge in [-0.2, -0.15) is 4.98 Å². The number of amides is 1. The molecule has 120 valence electrons. The Bertz CT molecular complexity index is 878. The van der Waals surface area contributed by atoms with Gasteiger partial charge in [-0.1, -0.05) is 54.1 Å². The summed E-state index contributed by atoms with van der Waals surface area (Å²) in [5.41, 5.74) is 2.48. The molecule has 0 aliphatic carbocycles. The second-order valence-corrected chi connectivity index (χ2v) is 6.39. The number of carbonyl (C=O) groups is 1. The third-order valence-corrected chi connectivity index (χ3v) is 4.69. The number of rotatable bonds is 3. The van der Waals surface area contributed by atoms with Gasteiger partial charge in [0.2, 0.25) is 0 Å². The lowest BCUT2D eigenvalue weighted by molar-refractivity contribution is -0.124. The molecule has 0 spiro atoms. The first-order valence-electron chi connectivity index (χ1n) is 7.39. The van der Waals surface area contributed by atoms with Gasteiger partial charge in [-0.05, 0) is 17.7 Å². The van der Waals surface area contributed by atoms with Crippen LogP contribution in [0.15, 0.2) is 65.3 Å². The molecule has 4 rings (SSSR count). The van der Waals surface area contributed by atoms with Crippen LogP contribution in [0.5, 0.6) is 0 Å². The Kier molecular flexibility index (Phi) is 3.79. The summed E-state index contributed by atoms with van der Waals surface area (Å²) in [6.07, 6.45) is 1.54. The van der Waals surface area contributed by atoms with E-state index in [1.165, 1.54) is 4.90 Å². The van der Waals surface area contributed by atoms with Crippen molar-refractivity contribution < 1.29 is 9.21 Å². The zero-order valence-electron chi connectivity index (χ0n) is 12.4. The van der Waals surface area contributed by atoms with Gasteiger partial charge in [-0.25, -0.2) is 0 Å². The number of halogens is 2. The van der Waals surface area contributed by atoms with Gasteiger partial charge in [0.05, 0.1) is 6.04 Å². The van der Waals surface area contributed by atoms with Crippen molar-refractivity contribution in [3.63, 3.8) is 0 Å². The van der Waals surface area contributed by atoms with Crippen molar-refractivity contribution in [2.75, 3.05) is 4.90 Å². The minimum atomic E-state index is -0.641. The molecule has 1 fully saturated rings. The maximum absolute atomic E-state index is 12.2. The summed E-state index contributed by atoms with van der Waals surface area (Å²) in [5.74, 6) is -0.224. The Morgan fingerprint density at radius 3 is 2.46 bits per heavy atom. The summed E-state index contributed by atoms with van der Waals surface area (Å²) in [5, 5.41) is -0.0113. The highest BCUT2D eigenvalue weighted by Gasteiger charge is 2.50.